The number of carboxylic acid groups (broad SMARTS) is 1. The Morgan fingerprint density at radius 3 is 2.17 bits per heavy atom. The van der Waals surface area contributed by atoms with Crippen LogP contribution in [0.15, 0.2) is 85.1 Å². The molecule has 2 amide bonds. The largest absolute Gasteiger partial charge is 0.480 e. The van der Waals surface area contributed by atoms with E-state index in [0.717, 1.165) is 22.2 Å². The van der Waals surface area contributed by atoms with E-state index >= 15 is 0 Å². The lowest BCUT2D eigenvalue weighted by Crippen LogP contribution is -2.57. The number of carbonyl (C=O) groups is 3. The summed E-state index contributed by atoms with van der Waals surface area (Å²) in [5.41, 5.74) is 0.751. The maximum atomic E-state index is 14.1. The molecule has 4 unspecified atom stereocenters. The number of nitro groups is 2. The summed E-state index contributed by atoms with van der Waals surface area (Å²) in [4.78, 5) is 67.9. The molecule has 1 aromatic heterocycles. The lowest BCUT2D eigenvalue weighted by molar-refractivity contribution is -0.392. The number of fused-ring (bicyclic) bond motifs is 1. The second-order valence-corrected chi connectivity index (χ2v) is 11.8. The molecule has 244 valence electrons. The number of imidazole rings is 1. The number of hydrogen-bond acceptors (Lipinski definition) is 9. The van der Waals surface area contributed by atoms with E-state index in [1.54, 1.807) is 19.1 Å². The van der Waals surface area contributed by atoms with Crippen molar-refractivity contribution in [1.82, 2.24) is 19.8 Å². The Morgan fingerprint density at radius 1 is 0.917 bits per heavy atom. The van der Waals surface area contributed by atoms with Crippen LogP contribution in [-0.2, 0) is 27.3 Å². The monoisotopic (exact) mass is 650 g/mol. The second kappa shape index (κ2) is 12.6. The molecule has 4 atom stereocenters. The van der Waals surface area contributed by atoms with E-state index in [0.29, 0.717) is 17.0 Å². The summed E-state index contributed by atoms with van der Waals surface area (Å²) in [5, 5.41) is 36.7. The Bertz CT molecular complexity index is 1940. The zero-order chi connectivity index (χ0) is 34.2. The summed E-state index contributed by atoms with van der Waals surface area (Å²) >= 11 is 0. The van der Waals surface area contributed by atoms with Crippen LogP contribution in [0.25, 0.3) is 12.2 Å². The number of hydrogen-bond donors (Lipinski definition) is 2. The van der Waals surface area contributed by atoms with Crippen molar-refractivity contribution in [3.63, 3.8) is 0 Å². The fourth-order valence-electron chi connectivity index (χ4n) is 6.71. The van der Waals surface area contributed by atoms with E-state index in [9.17, 15) is 39.7 Å². The molecule has 14 heteroatoms. The van der Waals surface area contributed by atoms with E-state index in [-0.39, 0.29) is 31.0 Å². The van der Waals surface area contributed by atoms with Crippen molar-refractivity contribution in [2.24, 2.45) is 11.8 Å². The third-order valence-electron chi connectivity index (χ3n) is 9.09. The number of nitro benzene ring substituents is 1. The summed E-state index contributed by atoms with van der Waals surface area (Å²) < 4.78 is 1.29. The minimum absolute atomic E-state index is 0.109. The molecule has 2 saturated heterocycles. The van der Waals surface area contributed by atoms with Gasteiger partial charge in [0.2, 0.25) is 11.8 Å². The second-order valence-electron chi connectivity index (χ2n) is 11.8. The van der Waals surface area contributed by atoms with Crippen LogP contribution in [0.3, 0.4) is 0 Å². The molecule has 2 aliphatic rings. The first-order valence-electron chi connectivity index (χ1n) is 15.1. The summed E-state index contributed by atoms with van der Waals surface area (Å²) in [5.74, 6) is -5.08. The number of nitrogens with one attached hydrogen (secondary N) is 1. The fourth-order valence-corrected chi connectivity index (χ4v) is 6.71. The predicted molar refractivity (Wildman–Crippen MR) is 172 cm³/mol. The van der Waals surface area contributed by atoms with Crippen molar-refractivity contribution in [3.8, 4) is 0 Å². The molecule has 0 spiro atoms. The molecule has 6 rings (SSSR count). The number of benzene rings is 3. The Hall–Kier alpha value is -6.02. The van der Waals surface area contributed by atoms with Crippen LogP contribution in [0.5, 0.6) is 0 Å². The molecule has 3 aromatic carbocycles. The van der Waals surface area contributed by atoms with Gasteiger partial charge in [0.1, 0.15) is 18.3 Å². The van der Waals surface area contributed by atoms with E-state index in [1.807, 2.05) is 54.6 Å². The molecule has 4 aromatic rings. The first-order valence-corrected chi connectivity index (χ1v) is 15.1. The van der Waals surface area contributed by atoms with Crippen LogP contribution < -0.4 is 5.32 Å². The molecule has 0 saturated carbocycles. The molecule has 0 bridgehead atoms. The number of aromatic nitrogens is 2. The first kappa shape index (κ1) is 31.9. The topological polar surface area (TPSA) is 191 Å². The van der Waals surface area contributed by atoms with Gasteiger partial charge in [-0.2, -0.15) is 0 Å². The quantitative estimate of drug-likeness (QED) is 0.103. The van der Waals surface area contributed by atoms with Gasteiger partial charge in [0.15, 0.2) is 5.82 Å². The first-order chi connectivity index (χ1) is 23.0. The smallest absolute Gasteiger partial charge is 0.342 e. The van der Waals surface area contributed by atoms with Crippen molar-refractivity contribution in [3.05, 3.63) is 133 Å². The van der Waals surface area contributed by atoms with Crippen LogP contribution in [0.4, 0.5) is 11.5 Å². The molecule has 3 heterocycles. The Morgan fingerprint density at radius 2 is 1.56 bits per heavy atom. The Kier molecular flexibility index (Phi) is 8.41. The lowest BCUT2D eigenvalue weighted by atomic mass is 9.76. The molecule has 2 fully saturated rings. The van der Waals surface area contributed by atoms with E-state index in [4.69, 9.17) is 0 Å². The van der Waals surface area contributed by atoms with Gasteiger partial charge >= 0.3 is 11.8 Å². The fraction of sp³-hybridized carbons (Fsp3) is 0.235. The van der Waals surface area contributed by atoms with Crippen LogP contribution in [0, 0.1) is 39.0 Å². The van der Waals surface area contributed by atoms with Crippen LogP contribution in [0.1, 0.15) is 34.1 Å². The van der Waals surface area contributed by atoms with Crippen LogP contribution in [0.2, 0.25) is 0 Å². The average molecular weight is 651 g/mol. The number of amides is 2. The van der Waals surface area contributed by atoms with Gasteiger partial charge in [-0.15, -0.1) is 0 Å². The van der Waals surface area contributed by atoms with Crippen molar-refractivity contribution < 1.29 is 29.3 Å². The molecule has 2 aliphatic heterocycles. The minimum atomic E-state index is -1.95. The SMILES string of the molecule is Cc1ncc([N+](=O)[O-])n1CCN1C(=O)C2C(c3ccc(/C=C/c4ccccc4)cc3)NC(Cc3ccc([N+](=O)[O-])cc3)(C(=O)O)C2C1=O. The summed E-state index contributed by atoms with van der Waals surface area (Å²) in [6.45, 7) is 1.22. The summed E-state index contributed by atoms with van der Waals surface area (Å²) in [7, 11) is 0. The zero-order valence-electron chi connectivity index (χ0n) is 25.6. The van der Waals surface area contributed by atoms with Crippen molar-refractivity contribution in [2.75, 3.05) is 6.54 Å². The lowest BCUT2D eigenvalue weighted by Gasteiger charge is -2.31. The Balaban J connectivity index is 1.35. The van der Waals surface area contributed by atoms with Gasteiger partial charge in [0, 0.05) is 31.5 Å². The van der Waals surface area contributed by atoms with Gasteiger partial charge in [-0.3, -0.25) is 34.7 Å². The van der Waals surface area contributed by atoms with Gasteiger partial charge in [-0.25, -0.2) is 9.55 Å². The van der Waals surface area contributed by atoms with Crippen molar-refractivity contribution in [2.45, 2.75) is 31.5 Å². The molecule has 0 aliphatic carbocycles. The molecule has 2 N–H and O–H groups in total. The zero-order valence-corrected chi connectivity index (χ0v) is 25.6. The van der Waals surface area contributed by atoms with Crippen LogP contribution >= 0.6 is 0 Å². The number of aliphatic carboxylic acids is 1. The standard InChI is InChI=1S/C34H30N6O8/c1-21-35-20-27(40(47)48)37(21)17-18-38-31(41)28-29(32(38)42)34(33(43)44,19-24-11-15-26(16-12-24)39(45)46)36-30(28)25-13-9-23(10-14-25)8-7-22-5-3-2-4-6-22/h2-16,20,28-30,36H,17-19H2,1H3,(H,43,44)/b8-7+. The molecule has 14 nitrogen and oxygen atoms in total. The highest BCUT2D eigenvalue weighted by atomic mass is 16.6. The van der Waals surface area contributed by atoms with Gasteiger partial charge in [-0.05, 0) is 27.2 Å². The van der Waals surface area contributed by atoms with Crippen molar-refractivity contribution >= 4 is 41.4 Å². The number of likely N-dealkylation sites (tertiary alicyclic amines) is 1. The predicted octanol–water partition coefficient (Wildman–Crippen LogP) is 4.19. The minimum Gasteiger partial charge on any atom is -0.480 e. The number of non-ortho nitro benzene ring substituents is 1. The number of carbonyl (C=O) groups excluding carboxylic acids is 2. The number of rotatable bonds is 11. The van der Waals surface area contributed by atoms with E-state index in [2.05, 4.69) is 10.3 Å². The highest BCUT2D eigenvalue weighted by Crippen LogP contribution is 2.50. The van der Waals surface area contributed by atoms with Crippen molar-refractivity contribution in [1.29, 1.82) is 0 Å². The van der Waals surface area contributed by atoms with Gasteiger partial charge in [0.25, 0.3) is 5.69 Å². The average Bonchev–Trinajstić information content (AvgIpc) is 3.70. The van der Waals surface area contributed by atoms with E-state index in [1.165, 1.54) is 28.8 Å². The third-order valence-corrected chi connectivity index (χ3v) is 9.09. The number of aryl methyl sites for hydroxylation is 1. The maximum absolute atomic E-state index is 14.1. The van der Waals surface area contributed by atoms with E-state index < -0.39 is 51.0 Å². The normalized spacial score (nSPS) is 21.9. The van der Waals surface area contributed by atoms with Gasteiger partial charge in [0.05, 0.1) is 23.3 Å². The number of nitrogens with zero attached hydrogens (tertiary/aromatic N) is 5. The van der Waals surface area contributed by atoms with Gasteiger partial charge < -0.3 is 15.2 Å². The Labute approximate surface area is 273 Å². The molecular weight excluding hydrogens is 620 g/mol. The summed E-state index contributed by atoms with van der Waals surface area (Å²) in [6.07, 6.45) is 4.72. The molecular formula is C34H30N6O8. The summed E-state index contributed by atoms with van der Waals surface area (Å²) in [6, 6.07) is 21.4. The number of imide groups is 1. The molecule has 48 heavy (non-hydrogen) atoms. The van der Waals surface area contributed by atoms with Crippen LogP contribution in [-0.4, -0.2) is 59.3 Å². The third kappa shape index (κ3) is 5.73. The molecule has 0 radical (unpaired) electrons. The highest BCUT2D eigenvalue weighted by molar-refractivity contribution is 6.09. The number of carboxylic acids is 1. The highest BCUT2D eigenvalue weighted by Gasteiger charge is 2.68. The van der Waals surface area contributed by atoms with Gasteiger partial charge in [-0.1, -0.05) is 78.9 Å². The maximum Gasteiger partial charge on any atom is 0.342 e.